The van der Waals surface area contributed by atoms with Crippen LogP contribution >= 0.6 is 0 Å². The Bertz CT molecular complexity index is 1590. The van der Waals surface area contributed by atoms with Crippen molar-refractivity contribution >= 4 is 40.2 Å². The van der Waals surface area contributed by atoms with Crippen LogP contribution in [-0.4, -0.2) is 70.3 Å². The number of nitrogens with zero attached hydrogens (tertiary/aromatic N) is 5. The molecular weight excluding hydrogens is 472 g/mol. The Morgan fingerprint density at radius 1 is 1.00 bits per heavy atom. The molecule has 4 aliphatic heterocycles. The smallest absolute Gasteiger partial charge is 0.261 e. The van der Waals surface area contributed by atoms with E-state index in [0.29, 0.717) is 55.1 Å². The molecule has 3 aromatic rings. The van der Waals surface area contributed by atoms with Crippen LogP contribution in [0.1, 0.15) is 16.7 Å². The molecule has 1 atom stereocenters. The molecule has 1 unspecified atom stereocenters. The maximum Gasteiger partial charge on any atom is 0.261 e. The van der Waals surface area contributed by atoms with Gasteiger partial charge < -0.3 is 14.5 Å². The summed E-state index contributed by atoms with van der Waals surface area (Å²) in [4.78, 5) is 48.2. The molecule has 37 heavy (non-hydrogen) atoms. The second-order valence-corrected chi connectivity index (χ2v) is 9.28. The summed E-state index contributed by atoms with van der Waals surface area (Å²) in [6.07, 6.45) is 7.31. The summed E-state index contributed by atoms with van der Waals surface area (Å²) in [5.74, 6) is -0.953. The fourth-order valence-corrected chi connectivity index (χ4v) is 5.61. The van der Waals surface area contributed by atoms with E-state index >= 15 is 0 Å². The summed E-state index contributed by atoms with van der Waals surface area (Å²) in [6, 6.07) is 10.9. The highest BCUT2D eigenvalue weighted by Gasteiger charge is 2.42. The molecule has 0 saturated carbocycles. The molecule has 2 aromatic heterocycles. The van der Waals surface area contributed by atoms with Crippen molar-refractivity contribution in [2.24, 2.45) is 4.99 Å². The summed E-state index contributed by atoms with van der Waals surface area (Å²) >= 11 is 0. The predicted molar refractivity (Wildman–Crippen MR) is 135 cm³/mol. The number of pyridine rings is 1. The molecule has 10 heteroatoms. The SMILES string of the molecule is O=C1NC(=O)C(c2cnn3ccccc23)=C1C1=NC=CN2c3c(cccc31)CC2C(=O)N1CCOCC1. The molecule has 0 aliphatic carbocycles. The lowest BCUT2D eigenvalue weighted by atomic mass is 9.93. The Morgan fingerprint density at radius 2 is 1.84 bits per heavy atom. The molecule has 4 aliphatic rings. The largest absolute Gasteiger partial charge is 0.378 e. The Balaban J connectivity index is 1.35. The fraction of sp³-hybridized carbons (Fsp3) is 0.222. The van der Waals surface area contributed by atoms with Gasteiger partial charge in [0.05, 0.1) is 47.5 Å². The molecule has 1 fully saturated rings. The molecule has 0 radical (unpaired) electrons. The van der Waals surface area contributed by atoms with Gasteiger partial charge in [-0.2, -0.15) is 5.10 Å². The highest BCUT2D eigenvalue weighted by molar-refractivity contribution is 6.48. The average Bonchev–Trinajstić information content (AvgIpc) is 3.55. The molecule has 184 valence electrons. The number of imide groups is 1. The lowest BCUT2D eigenvalue weighted by Crippen LogP contribution is -2.49. The monoisotopic (exact) mass is 494 g/mol. The number of carbonyl (C=O) groups is 3. The average molecular weight is 495 g/mol. The molecule has 7 rings (SSSR count). The second-order valence-electron chi connectivity index (χ2n) is 9.28. The number of carbonyl (C=O) groups excluding carboxylic acids is 3. The minimum atomic E-state index is -0.507. The number of ether oxygens (including phenoxy) is 1. The van der Waals surface area contributed by atoms with Gasteiger partial charge in [0, 0.05) is 49.2 Å². The number of fused-ring (bicyclic) bond motifs is 1. The second kappa shape index (κ2) is 8.24. The third kappa shape index (κ3) is 3.26. The van der Waals surface area contributed by atoms with Crippen molar-refractivity contribution in [1.82, 2.24) is 19.8 Å². The van der Waals surface area contributed by atoms with Crippen molar-refractivity contribution in [3.63, 3.8) is 0 Å². The highest BCUT2D eigenvalue weighted by atomic mass is 16.5. The molecule has 1 N–H and O–H groups in total. The number of benzene rings is 1. The van der Waals surface area contributed by atoms with Gasteiger partial charge in [0.1, 0.15) is 6.04 Å². The van der Waals surface area contributed by atoms with Crippen molar-refractivity contribution in [3.05, 3.63) is 83.5 Å². The maximum absolute atomic E-state index is 13.5. The van der Waals surface area contributed by atoms with E-state index in [1.807, 2.05) is 46.2 Å². The van der Waals surface area contributed by atoms with Crippen LogP contribution in [0.15, 0.2) is 71.8 Å². The normalized spacial score (nSPS) is 20.9. The van der Waals surface area contributed by atoms with Gasteiger partial charge in [0.15, 0.2) is 0 Å². The molecule has 0 bridgehead atoms. The van der Waals surface area contributed by atoms with E-state index in [9.17, 15) is 14.4 Å². The zero-order valence-corrected chi connectivity index (χ0v) is 19.8. The molecule has 1 saturated heterocycles. The zero-order chi connectivity index (χ0) is 25.1. The Labute approximate surface area is 211 Å². The number of para-hydroxylation sites is 1. The van der Waals surface area contributed by atoms with Crippen LogP contribution in [-0.2, 0) is 25.5 Å². The van der Waals surface area contributed by atoms with Crippen LogP contribution in [0.2, 0.25) is 0 Å². The van der Waals surface area contributed by atoms with Crippen molar-refractivity contribution in [3.8, 4) is 0 Å². The first-order chi connectivity index (χ1) is 18.1. The molecular formula is C27H22N6O4. The zero-order valence-electron chi connectivity index (χ0n) is 19.8. The lowest BCUT2D eigenvalue weighted by molar-refractivity contribution is -0.136. The summed E-state index contributed by atoms with van der Waals surface area (Å²) in [6.45, 7) is 2.19. The number of rotatable bonds is 3. The number of anilines is 1. The van der Waals surface area contributed by atoms with Gasteiger partial charge in [-0.25, -0.2) is 4.52 Å². The molecule has 1 aromatic carbocycles. The molecule has 10 nitrogen and oxygen atoms in total. The van der Waals surface area contributed by atoms with Crippen molar-refractivity contribution < 1.29 is 19.1 Å². The van der Waals surface area contributed by atoms with E-state index in [1.54, 1.807) is 29.3 Å². The first-order valence-corrected chi connectivity index (χ1v) is 12.2. The van der Waals surface area contributed by atoms with Gasteiger partial charge in [-0.3, -0.25) is 24.7 Å². The summed E-state index contributed by atoms with van der Waals surface area (Å²) < 4.78 is 7.08. The van der Waals surface area contributed by atoms with E-state index in [0.717, 1.165) is 11.3 Å². The van der Waals surface area contributed by atoms with Gasteiger partial charge in [-0.05, 0) is 17.7 Å². The highest BCUT2D eigenvalue weighted by Crippen LogP contribution is 2.40. The van der Waals surface area contributed by atoms with Crippen LogP contribution in [0.3, 0.4) is 0 Å². The number of hydrogen-bond acceptors (Lipinski definition) is 7. The van der Waals surface area contributed by atoms with E-state index in [-0.39, 0.29) is 17.1 Å². The lowest BCUT2D eigenvalue weighted by Gasteiger charge is -2.32. The van der Waals surface area contributed by atoms with Crippen LogP contribution < -0.4 is 10.2 Å². The number of nitrogens with one attached hydrogen (secondary N) is 1. The summed E-state index contributed by atoms with van der Waals surface area (Å²) in [5, 5.41) is 6.80. The van der Waals surface area contributed by atoms with E-state index in [4.69, 9.17) is 4.74 Å². The summed E-state index contributed by atoms with van der Waals surface area (Å²) in [7, 11) is 0. The topological polar surface area (TPSA) is 109 Å². The third-order valence-corrected chi connectivity index (χ3v) is 7.28. The van der Waals surface area contributed by atoms with Gasteiger partial charge in [-0.1, -0.05) is 24.3 Å². The number of aromatic nitrogens is 2. The van der Waals surface area contributed by atoms with Crippen LogP contribution in [0.5, 0.6) is 0 Å². The fourth-order valence-electron chi connectivity index (χ4n) is 5.61. The minimum absolute atomic E-state index is 0.0404. The Kier molecular flexibility index (Phi) is 4.83. The van der Waals surface area contributed by atoms with Gasteiger partial charge in [-0.15, -0.1) is 0 Å². The third-order valence-electron chi connectivity index (χ3n) is 7.28. The quantitative estimate of drug-likeness (QED) is 0.550. The molecule has 0 spiro atoms. The van der Waals surface area contributed by atoms with Gasteiger partial charge in [0.25, 0.3) is 11.8 Å². The Morgan fingerprint density at radius 3 is 2.70 bits per heavy atom. The number of morpholine rings is 1. The van der Waals surface area contributed by atoms with Crippen molar-refractivity contribution in [2.45, 2.75) is 12.5 Å². The molecule has 6 heterocycles. The summed E-state index contributed by atoms with van der Waals surface area (Å²) in [5.41, 5.74) is 4.62. The van der Waals surface area contributed by atoms with Crippen LogP contribution in [0.4, 0.5) is 5.69 Å². The number of aliphatic imine (C=N–C) groups is 1. The van der Waals surface area contributed by atoms with Gasteiger partial charge in [0.2, 0.25) is 5.91 Å². The first kappa shape index (κ1) is 21.7. The maximum atomic E-state index is 13.5. The van der Waals surface area contributed by atoms with Crippen molar-refractivity contribution in [2.75, 3.05) is 31.2 Å². The van der Waals surface area contributed by atoms with E-state index < -0.39 is 17.9 Å². The van der Waals surface area contributed by atoms with Crippen LogP contribution in [0.25, 0.3) is 11.1 Å². The minimum Gasteiger partial charge on any atom is -0.378 e. The van der Waals surface area contributed by atoms with E-state index in [2.05, 4.69) is 15.4 Å². The number of amides is 3. The van der Waals surface area contributed by atoms with E-state index in [1.165, 1.54) is 0 Å². The standard InChI is InChI=1S/C27H22N6O4/c34-25-21(18-15-29-33-8-2-1-6-19(18)33)22(26(35)30-25)23-17-5-3-4-16-14-20(32(24(16)17)9-7-28-23)27(36)31-10-12-37-13-11-31/h1-9,15,20H,10-14H2,(H,30,34,35). The molecule has 3 amide bonds. The predicted octanol–water partition coefficient (Wildman–Crippen LogP) is 1.31. The Hall–Kier alpha value is -4.57. The van der Waals surface area contributed by atoms with Crippen LogP contribution in [0, 0.1) is 0 Å². The van der Waals surface area contributed by atoms with Crippen molar-refractivity contribution in [1.29, 1.82) is 0 Å². The first-order valence-electron chi connectivity index (χ1n) is 12.2. The number of hydrogen-bond donors (Lipinski definition) is 1. The van der Waals surface area contributed by atoms with Gasteiger partial charge >= 0.3 is 0 Å².